The van der Waals surface area contributed by atoms with Crippen molar-refractivity contribution in [3.63, 3.8) is 0 Å². The zero-order chi connectivity index (χ0) is 4.12. The van der Waals surface area contributed by atoms with Crippen molar-refractivity contribution >= 4 is 21.6 Å². The Morgan fingerprint density at radius 1 is 1.80 bits per heavy atom. The molecule has 0 N–H and O–H groups in total. The summed E-state index contributed by atoms with van der Waals surface area (Å²) in [5, 5.41) is 0. The van der Waals surface area contributed by atoms with Crippen molar-refractivity contribution in [1.29, 1.82) is 0 Å². The summed E-state index contributed by atoms with van der Waals surface area (Å²) in [5.41, 5.74) is 0. The maximum atomic E-state index is 3.56. The van der Waals surface area contributed by atoms with E-state index in [9.17, 15) is 0 Å². The fourth-order valence-electron chi connectivity index (χ4n) is 0.0833. The Morgan fingerprint density at radius 2 is 2.40 bits per heavy atom. The highest BCUT2D eigenvalue weighted by atomic mass is 33.1. The first-order valence-electron chi connectivity index (χ1n) is 1.45. The summed E-state index contributed by atoms with van der Waals surface area (Å²) < 4.78 is 0. The van der Waals surface area contributed by atoms with E-state index in [2.05, 4.69) is 13.2 Å². The van der Waals surface area contributed by atoms with Crippen LogP contribution in [0.1, 0.15) is 6.92 Å². The molecule has 0 saturated heterocycles. The van der Waals surface area contributed by atoms with Crippen LogP contribution in [-0.4, -0.2) is 5.75 Å². The van der Waals surface area contributed by atoms with Gasteiger partial charge in [0.2, 0.25) is 0 Å². The average Bonchev–Trinajstić information content (AvgIpc) is 1.41. The monoisotopic (exact) mass is 107 g/mol. The van der Waals surface area contributed by atoms with E-state index in [1.165, 1.54) is 0 Å². The Balaban J connectivity index is 2.19. The second kappa shape index (κ2) is 4.70. The third-order valence-corrected chi connectivity index (χ3v) is 1.81. The molecule has 2 heteroatoms. The lowest BCUT2D eigenvalue weighted by atomic mass is 11.0. The Hall–Kier alpha value is 0.700. The van der Waals surface area contributed by atoms with Crippen LogP contribution in [0.5, 0.6) is 0 Å². The van der Waals surface area contributed by atoms with Gasteiger partial charge in [-0.25, -0.2) is 0 Å². The van der Waals surface area contributed by atoms with Crippen LogP contribution in [0, 0.1) is 6.26 Å². The van der Waals surface area contributed by atoms with Gasteiger partial charge in [0.15, 0.2) is 0 Å². The van der Waals surface area contributed by atoms with E-state index in [0.29, 0.717) is 0 Å². The quantitative estimate of drug-likeness (QED) is 0.496. The molecule has 31 valence electrons. The topological polar surface area (TPSA) is 0 Å². The first-order valence-corrected chi connectivity index (χ1v) is 3.94. The van der Waals surface area contributed by atoms with Gasteiger partial charge < -0.3 is 0 Å². The summed E-state index contributed by atoms with van der Waals surface area (Å²) in [6, 6.07) is 0. The summed E-state index contributed by atoms with van der Waals surface area (Å²) in [4.78, 5) is 0. The van der Waals surface area contributed by atoms with Crippen LogP contribution in [0.2, 0.25) is 0 Å². The molecule has 0 heterocycles. The third kappa shape index (κ3) is 4.70. The van der Waals surface area contributed by atoms with E-state index in [1.807, 2.05) is 0 Å². The van der Waals surface area contributed by atoms with Gasteiger partial charge in [0.05, 0.1) is 0 Å². The average molecular weight is 107 g/mol. The van der Waals surface area contributed by atoms with Gasteiger partial charge in [-0.2, -0.15) is 0 Å². The van der Waals surface area contributed by atoms with Gasteiger partial charge in [-0.05, 0) is 0 Å². The zero-order valence-corrected chi connectivity index (χ0v) is 4.86. The molecule has 0 nitrogen and oxygen atoms in total. The molecule has 0 fully saturated rings. The lowest BCUT2D eigenvalue weighted by Crippen LogP contribution is -1.49. The smallest absolute Gasteiger partial charge is 0.0136 e. The maximum Gasteiger partial charge on any atom is 0.0136 e. The van der Waals surface area contributed by atoms with E-state index in [1.54, 1.807) is 21.6 Å². The Labute approximate surface area is 41.1 Å². The number of hydrogen-bond acceptors (Lipinski definition) is 2. The van der Waals surface area contributed by atoms with Gasteiger partial charge in [0, 0.05) is 12.0 Å². The van der Waals surface area contributed by atoms with E-state index in [-0.39, 0.29) is 0 Å². The van der Waals surface area contributed by atoms with Crippen molar-refractivity contribution in [3.8, 4) is 0 Å². The van der Waals surface area contributed by atoms with Crippen LogP contribution in [0.25, 0.3) is 0 Å². The van der Waals surface area contributed by atoms with E-state index >= 15 is 0 Å². The number of rotatable bonds is 2. The molecule has 0 saturated carbocycles. The molecule has 0 unspecified atom stereocenters. The Morgan fingerprint density at radius 3 is 2.40 bits per heavy atom. The van der Waals surface area contributed by atoms with Gasteiger partial charge in [-0.3, -0.25) is 0 Å². The van der Waals surface area contributed by atoms with Crippen LogP contribution >= 0.6 is 21.6 Å². The minimum absolute atomic E-state index is 1.16. The highest BCUT2D eigenvalue weighted by Crippen LogP contribution is 2.16. The van der Waals surface area contributed by atoms with Crippen LogP contribution in [0.3, 0.4) is 0 Å². The van der Waals surface area contributed by atoms with Crippen LogP contribution in [0.4, 0.5) is 0 Å². The Kier molecular flexibility index (Phi) is 5.36. The molecule has 1 radical (unpaired) electrons. The molecule has 0 amide bonds. The molecule has 0 aliphatic carbocycles. The fraction of sp³-hybridized carbons (Fsp3) is 0.667. The molecule has 0 aliphatic rings. The van der Waals surface area contributed by atoms with Gasteiger partial charge in [0.25, 0.3) is 0 Å². The van der Waals surface area contributed by atoms with Crippen molar-refractivity contribution in [2.75, 3.05) is 5.75 Å². The highest BCUT2D eigenvalue weighted by molar-refractivity contribution is 8.77. The summed E-state index contributed by atoms with van der Waals surface area (Å²) in [6.45, 7) is 2.11. The molecular formula is C3H7S2. The van der Waals surface area contributed by atoms with E-state index < -0.39 is 0 Å². The summed E-state index contributed by atoms with van der Waals surface area (Å²) in [6.07, 6.45) is 3.56. The molecule has 0 atom stereocenters. The van der Waals surface area contributed by atoms with Crippen LogP contribution in [0.15, 0.2) is 0 Å². The molecule has 0 bridgehead atoms. The van der Waals surface area contributed by atoms with Crippen molar-refractivity contribution < 1.29 is 0 Å². The van der Waals surface area contributed by atoms with Gasteiger partial charge in [-0.1, -0.05) is 28.5 Å². The largest absolute Gasteiger partial charge is 0.0944 e. The molecule has 0 rings (SSSR count). The first kappa shape index (κ1) is 5.70. The molecular weight excluding hydrogens is 100 g/mol. The second-order valence-corrected chi connectivity index (χ2v) is 2.99. The van der Waals surface area contributed by atoms with Gasteiger partial charge >= 0.3 is 0 Å². The molecule has 5 heavy (non-hydrogen) atoms. The second-order valence-electron chi connectivity index (χ2n) is 0.524. The molecule has 0 aromatic carbocycles. The van der Waals surface area contributed by atoms with E-state index in [4.69, 9.17) is 0 Å². The zero-order valence-electron chi connectivity index (χ0n) is 3.23. The molecule has 0 spiro atoms. The standard InChI is InChI=1S/C3H7S2/c1-3-5-4-2/h2-3H2,1H3. The predicted octanol–water partition coefficient (Wildman–Crippen LogP) is 2.18. The van der Waals surface area contributed by atoms with Crippen LogP contribution < -0.4 is 0 Å². The van der Waals surface area contributed by atoms with Crippen molar-refractivity contribution in [3.05, 3.63) is 6.26 Å². The first-order chi connectivity index (χ1) is 2.41. The van der Waals surface area contributed by atoms with Crippen LogP contribution in [-0.2, 0) is 0 Å². The summed E-state index contributed by atoms with van der Waals surface area (Å²) in [7, 11) is 3.34. The minimum Gasteiger partial charge on any atom is -0.0944 e. The summed E-state index contributed by atoms with van der Waals surface area (Å²) >= 11 is 0. The SMILES string of the molecule is [CH2]SSCC. The molecule has 0 aromatic heterocycles. The number of hydrogen-bond donors (Lipinski definition) is 0. The third-order valence-electron chi connectivity index (χ3n) is 0.201. The molecule has 0 aromatic rings. The fourth-order valence-corrected chi connectivity index (χ4v) is 0.750. The lowest BCUT2D eigenvalue weighted by molar-refractivity contribution is 1.54. The van der Waals surface area contributed by atoms with Gasteiger partial charge in [0.1, 0.15) is 0 Å². The highest BCUT2D eigenvalue weighted by Gasteiger charge is 1.68. The normalized spacial score (nSPS) is 8.40. The van der Waals surface area contributed by atoms with Crippen molar-refractivity contribution in [2.24, 2.45) is 0 Å². The van der Waals surface area contributed by atoms with Crippen molar-refractivity contribution in [1.82, 2.24) is 0 Å². The molecule has 0 aliphatic heterocycles. The summed E-state index contributed by atoms with van der Waals surface area (Å²) in [5.74, 6) is 1.16. The predicted molar refractivity (Wildman–Crippen MR) is 31.1 cm³/mol. The Bertz CT molecular complexity index is 12.4. The minimum atomic E-state index is 1.16. The van der Waals surface area contributed by atoms with Crippen molar-refractivity contribution in [2.45, 2.75) is 6.92 Å². The van der Waals surface area contributed by atoms with Gasteiger partial charge in [-0.15, -0.1) is 0 Å². The lowest BCUT2D eigenvalue weighted by Gasteiger charge is -1.79. The van der Waals surface area contributed by atoms with E-state index in [0.717, 1.165) is 5.75 Å². The maximum absolute atomic E-state index is 3.56.